The van der Waals surface area contributed by atoms with Crippen LogP contribution in [0, 0.1) is 17.7 Å². The molecule has 3 nitrogen and oxygen atoms in total. The Labute approximate surface area is 197 Å². The van der Waals surface area contributed by atoms with Gasteiger partial charge in [-0.05, 0) is 73.5 Å². The van der Waals surface area contributed by atoms with E-state index in [1.54, 1.807) is 12.1 Å². The van der Waals surface area contributed by atoms with Crippen molar-refractivity contribution in [3.05, 3.63) is 64.5 Å². The van der Waals surface area contributed by atoms with Crippen molar-refractivity contribution < 1.29 is 19.0 Å². The first kappa shape index (κ1) is 23.9. The lowest BCUT2D eigenvalue weighted by molar-refractivity contribution is -0.140. The van der Waals surface area contributed by atoms with Gasteiger partial charge in [0.25, 0.3) is 0 Å². The van der Waals surface area contributed by atoms with E-state index in [0.717, 1.165) is 12.3 Å². The monoisotopic (exact) mass is 452 g/mol. The van der Waals surface area contributed by atoms with Gasteiger partial charge in [0.1, 0.15) is 0 Å². The SMILES string of the molecule is CCCCCC1CCC(c2ccc(CCC3Cc4ccc(CO)c(F)c4OC3=O)cc2)CC1. The highest BCUT2D eigenvalue weighted by Gasteiger charge is 2.31. The van der Waals surface area contributed by atoms with Crippen LogP contribution in [0.4, 0.5) is 4.39 Å². The van der Waals surface area contributed by atoms with Crippen molar-refractivity contribution in [1.29, 1.82) is 0 Å². The van der Waals surface area contributed by atoms with Gasteiger partial charge in [-0.1, -0.05) is 69.0 Å². The van der Waals surface area contributed by atoms with Crippen molar-refractivity contribution in [3.63, 3.8) is 0 Å². The van der Waals surface area contributed by atoms with Crippen LogP contribution in [0.2, 0.25) is 0 Å². The van der Waals surface area contributed by atoms with E-state index < -0.39 is 12.4 Å². The Morgan fingerprint density at radius 1 is 1.00 bits per heavy atom. The lowest BCUT2D eigenvalue weighted by atomic mass is 9.77. The second-order valence-electron chi connectivity index (χ2n) is 10.0. The predicted molar refractivity (Wildman–Crippen MR) is 129 cm³/mol. The summed E-state index contributed by atoms with van der Waals surface area (Å²) in [6, 6.07) is 12.3. The van der Waals surface area contributed by atoms with Gasteiger partial charge in [0.05, 0.1) is 12.5 Å². The Morgan fingerprint density at radius 2 is 1.76 bits per heavy atom. The topological polar surface area (TPSA) is 46.5 Å². The van der Waals surface area contributed by atoms with E-state index in [2.05, 4.69) is 31.2 Å². The van der Waals surface area contributed by atoms with Crippen LogP contribution in [0.15, 0.2) is 36.4 Å². The molecule has 2 aromatic rings. The first-order valence-electron chi connectivity index (χ1n) is 12.8. The Morgan fingerprint density at radius 3 is 2.45 bits per heavy atom. The molecular weight excluding hydrogens is 415 g/mol. The van der Waals surface area contributed by atoms with Gasteiger partial charge < -0.3 is 9.84 Å². The van der Waals surface area contributed by atoms with Gasteiger partial charge in [-0.15, -0.1) is 0 Å². The number of carbonyl (C=O) groups excluding carboxylic acids is 1. The number of carbonyl (C=O) groups is 1. The van der Waals surface area contributed by atoms with Crippen LogP contribution in [0.25, 0.3) is 0 Å². The maximum atomic E-state index is 14.4. The molecule has 0 amide bonds. The summed E-state index contributed by atoms with van der Waals surface area (Å²) in [6.45, 7) is 1.87. The van der Waals surface area contributed by atoms with Crippen molar-refractivity contribution in [1.82, 2.24) is 0 Å². The molecule has 0 aromatic heterocycles. The summed E-state index contributed by atoms with van der Waals surface area (Å²) in [4.78, 5) is 12.4. The van der Waals surface area contributed by atoms with E-state index in [-0.39, 0.29) is 23.2 Å². The summed E-state index contributed by atoms with van der Waals surface area (Å²) < 4.78 is 19.7. The molecule has 1 fully saturated rings. The fraction of sp³-hybridized carbons (Fsp3) is 0.552. The molecule has 4 heteroatoms. The van der Waals surface area contributed by atoms with Crippen LogP contribution in [-0.4, -0.2) is 11.1 Å². The number of esters is 1. The molecule has 1 unspecified atom stereocenters. The normalized spacial score (nSPS) is 22.6. The molecule has 33 heavy (non-hydrogen) atoms. The third-order valence-corrected chi connectivity index (χ3v) is 7.73. The van der Waals surface area contributed by atoms with E-state index in [9.17, 15) is 14.3 Å². The summed E-state index contributed by atoms with van der Waals surface area (Å²) >= 11 is 0. The van der Waals surface area contributed by atoms with Gasteiger partial charge in [-0.2, -0.15) is 0 Å². The molecule has 1 aliphatic carbocycles. The maximum Gasteiger partial charge on any atom is 0.314 e. The van der Waals surface area contributed by atoms with Crippen molar-refractivity contribution in [2.24, 2.45) is 11.8 Å². The molecule has 1 aliphatic heterocycles. The van der Waals surface area contributed by atoms with E-state index >= 15 is 0 Å². The van der Waals surface area contributed by atoms with Crippen LogP contribution in [-0.2, 0) is 24.2 Å². The molecule has 4 rings (SSSR count). The average molecular weight is 453 g/mol. The van der Waals surface area contributed by atoms with E-state index in [1.165, 1.54) is 62.5 Å². The van der Waals surface area contributed by atoms with E-state index in [4.69, 9.17) is 4.74 Å². The molecule has 2 aliphatic rings. The maximum absolute atomic E-state index is 14.4. The average Bonchev–Trinajstić information content (AvgIpc) is 2.84. The van der Waals surface area contributed by atoms with Crippen LogP contribution in [0.5, 0.6) is 5.75 Å². The zero-order valence-electron chi connectivity index (χ0n) is 19.8. The van der Waals surface area contributed by atoms with Gasteiger partial charge >= 0.3 is 5.97 Å². The van der Waals surface area contributed by atoms with Crippen molar-refractivity contribution in [2.45, 2.75) is 90.1 Å². The van der Waals surface area contributed by atoms with Crippen LogP contribution in [0.1, 0.15) is 92.9 Å². The minimum atomic E-state index is -0.618. The van der Waals surface area contributed by atoms with E-state index in [1.807, 2.05) is 0 Å². The molecule has 178 valence electrons. The van der Waals surface area contributed by atoms with Crippen molar-refractivity contribution in [2.75, 3.05) is 0 Å². The van der Waals surface area contributed by atoms with Gasteiger partial charge in [0, 0.05) is 5.56 Å². The number of aryl methyl sites for hydroxylation is 1. The smallest absolute Gasteiger partial charge is 0.314 e. The highest BCUT2D eigenvalue weighted by Crippen LogP contribution is 2.38. The number of fused-ring (bicyclic) bond motifs is 1. The number of rotatable bonds is 9. The zero-order chi connectivity index (χ0) is 23.2. The van der Waals surface area contributed by atoms with E-state index in [0.29, 0.717) is 24.3 Å². The standard InChI is InChI=1S/C29H37FO3/c1-2-3-4-5-20-6-11-22(12-7-20)23-13-8-21(9-14-23)10-15-25-18-24-16-17-26(19-31)27(30)28(24)33-29(25)32/h8-9,13-14,16-17,20,22,25,31H,2-7,10-12,15,18-19H2,1H3. The second kappa shape index (κ2) is 11.3. The Balaban J connectivity index is 1.28. The lowest BCUT2D eigenvalue weighted by Gasteiger charge is -2.29. The third kappa shape index (κ3) is 5.84. The minimum Gasteiger partial charge on any atom is -0.423 e. The first-order valence-corrected chi connectivity index (χ1v) is 12.8. The van der Waals surface area contributed by atoms with Gasteiger partial charge in [0.2, 0.25) is 0 Å². The summed E-state index contributed by atoms with van der Waals surface area (Å²) in [5.74, 6) is 0.351. The van der Waals surface area contributed by atoms with Gasteiger partial charge in [-0.25, -0.2) is 4.39 Å². The molecule has 1 N–H and O–H groups in total. The Hall–Kier alpha value is -2.20. The fourth-order valence-corrected chi connectivity index (χ4v) is 5.55. The summed E-state index contributed by atoms with van der Waals surface area (Å²) in [5.41, 5.74) is 3.54. The molecule has 0 radical (unpaired) electrons. The lowest BCUT2D eigenvalue weighted by Crippen LogP contribution is -2.29. The molecule has 0 spiro atoms. The second-order valence-corrected chi connectivity index (χ2v) is 10.0. The number of hydrogen-bond acceptors (Lipinski definition) is 3. The third-order valence-electron chi connectivity index (χ3n) is 7.73. The molecule has 2 aromatic carbocycles. The number of benzene rings is 2. The molecule has 0 saturated heterocycles. The quantitative estimate of drug-likeness (QED) is 0.256. The molecular formula is C29H37FO3. The molecule has 1 saturated carbocycles. The summed E-state index contributed by atoms with van der Waals surface area (Å²) in [7, 11) is 0. The molecule has 1 atom stereocenters. The van der Waals surface area contributed by atoms with Crippen LogP contribution >= 0.6 is 0 Å². The molecule has 1 heterocycles. The fourth-order valence-electron chi connectivity index (χ4n) is 5.55. The van der Waals surface area contributed by atoms with Crippen LogP contribution in [0.3, 0.4) is 0 Å². The van der Waals surface area contributed by atoms with Gasteiger partial charge in [0.15, 0.2) is 11.6 Å². The first-order chi connectivity index (χ1) is 16.1. The molecule has 0 bridgehead atoms. The van der Waals surface area contributed by atoms with Crippen LogP contribution < -0.4 is 4.74 Å². The summed E-state index contributed by atoms with van der Waals surface area (Å²) in [6.07, 6.45) is 12.8. The number of ether oxygens (including phenoxy) is 1. The minimum absolute atomic E-state index is 0.00719. The highest BCUT2D eigenvalue weighted by atomic mass is 19.1. The van der Waals surface area contributed by atoms with Crippen molar-refractivity contribution >= 4 is 5.97 Å². The summed E-state index contributed by atoms with van der Waals surface area (Å²) in [5, 5.41) is 9.22. The zero-order valence-corrected chi connectivity index (χ0v) is 19.8. The number of halogens is 1. The largest absolute Gasteiger partial charge is 0.423 e. The highest BCUT2D eigenvalue weighted by molar-refractivity contribution is 5.78. The van der Waals surface area contributed by atoms with Crippen molar-refractivity contribution in [3.8, 4) is 5.75 Å². The number of aliphatic hydroxyl groups excluding tert-OH is 1. The van der Waals surface area contributed by atoms with Gasteiger partial charge in [-0.3, -0.25) is 4.79 Å². The Kier molecular flexibility index (Phi) is 8.19. The Bertz CT molecular complexity index is 929. The number of hydrogen-bond donors (Lipinski definition) is 1. The number of aliphatic hydroxyl groups is 1. The predicted octanol–water partition coefficient (Wildman–Crippen LogP) is 6.88. The number of unbranched alkanes of at least 4 members (excludes halogenated alkanes) is 2.